The lowest BCUT2D eigenvalue weighted by molar-refractivity contribution is -0.121. The van der Waals surface area contributed by atoms with Gasteiger partial charge in [0.1, 0.15) is 0 Å². The van der Waals surface area contributed by atoms with E-state index >= 15 is 0 Å². The molecule has 5 nitrogen and oxygen atoms in total. The molecule has 0 aliphatic rings. The molecule has 0 saturated heterocycles. The fourth-order valence-corrected chi connectivity index (χ4v) is 1.52. The Hall–Kier alpha value is -2.69. The van der Waals surface area contributed by atoms with Gasteiger partial charge in [-0.05, 0) is 17.7 Å². The number of carbonyl (C=O) groups excluding carboxylic acids is 2. The molecule has 0 radical (unpaired) electrons. The molecule has 96 valence electrons. The summed E-state index contributed by atoms with van der Waals surface area (Å²) in [4.78, 5) is 27.1. The molecular formula is C14H13N3O2. The molecule has 0 fully saturated rings. The molecule has 19 heavy (non-hydrogen) atoms. The van der Waals surface area contributed by atoms with Gasteiger partial charge >= 0.3 is 0 Å². The van der Waals surface area contributed by atoms with Crippen molar-refractivity contribution in [2.45, 2.75) is 6.42 Å². The number of hydrogen-bond acceptors (Lipinski definition) is 3. The zero-order chi connectivity index (χ0) is 13.5. The summed E-state index contributed by atoms with van der Waals surface area (Å²) < 4.78 is 0. The van der Waals surface area contributed by atoms with Crippen molar-refractivity contribution in [3.63, 3.8) is 0 Å². The third-order valence-electron chi connectivity index (χ3n) is 2.45. The molecule has 1 aromatic heterocycles. The predicted octanol–water partition coefficient (Wildman–Crippen LogP) is 1.09. The minimum atomic E-state index is -0.394. The Kier molecular flexibility index (Phi) is 4.23. The summed E-state index contributed by atoms with van der Waals surface area (Å²) >= 11 is 0. The van der Waals surface area contributed by atoms with Crippen molar-refractivity contribution in [2.75, 3.05) is 0 Å². The Morgan fingerprint density at radius 2 is 1.79 bits per heavy atom. The molecule has 0 atom stereocenters. The van der Waals surface area contributed by atoms with E-state index < -0.39 is 5.91 Å². The highest BCUT2D eigenvalue weighted by Gasteiger charge is 2.07. The van der Waals surface area contributed by atoms with Crippen LogP contribution in [0.1, 0.15) is 15.9 Å². The third-order valence-corrected chi connectivity index (χ3v) is 2.45. The predicted molar refractivity (Wildman–Crippen MR) is 70.0 cm³/mol. The highest BCUT2D eigenvalue weighted by atomic mass is 16.2. The van der Waals surface area contributed by atoms with Gasteiger partial charge < -0.3 is 0 Å². The molecule has 2 N–H and O–H groups in total. The smallest absolute Gasteiger partial charge is 0.271 e. The Balaban J connectivity index is 1.83. The van der Waals surface area contributed by atoms with Gasteiger partial charge in [-0.3, -0.25) is 25.4 Å². The highest BCUT2D eigenvalue weighted by Crippen LogP contribution is 1.99. The summed E-state index contributed by atoms with van der Waals surface area (Å²) in [5.41, 5.74) is 5.98. The number of hydrazine groups is 1. The second kappa shape index (κ2) is 6.30. The average molecular weight is 255 g/mol. The lowest BCUT2D eigenvalue weighted by Gasteiger charge is -2.07. The summed E-state index contributed by atoms with van der Waals surface area (Å²) in [6.45, 7) is 0. The van der Waals surface area contributed by atoms with Crippen LogP contribution < -0.4 is 10.9 Å². The number of benzene rings is 1. The molecule has 0 unspecified atom stereocenters. The lowest BCUT2D eigenvalue weighted by atomic mass is 10.1. The molecule has 2 amide bonds. The molecule has 2 rings (SSSR count). The molecule has 5 heteroatoms. The van der Waals surface area contributed by atoms with Crippen LogP contribution in [0.2, 0.25) is 0 Å². The van der Waals surface area contributed by atoms with E-state index in [0.717, 1.165) is 5.56 Å². The summed E-state index contributed by atoms with van der Waals surface area (Å²) in [5.74, 6) is -0.669. The van der Waals surface area contributed by atoms with E-state index in [2.05, 4.69) is 15.8 Å². The van der Waals surface area contributed by atoms with Gasteiger partial charge in [0.05, 0.1) is 12.0 Å². The van der Waals surface area contributed by atoms with E-state index in [4.69, 9.17) is 0 Å². The van der Waals surface area contributed by atoms with Crippen molar-refractivity contribution < 1.29 is 9.59 Å². The van der Waals surface area contributed by atoms with Crippen molar-refractivity contribution >= 4 is 11.8 Å². The first-order valence-corrected chi connectivity index (χ1v) is 5.79. The van der Waals surface area contributed by atoms with Gasteiger partial charge in [0.2, 0.25) is 5.91 Å². The van der Waals surface area contributed by atoms with Crippen LogP contribution in [0.25, 0.3) is 0 Å². The van der Waals surface area contributed by atoms with E-state index in [1.165, 1.54) is 6.20 Å². The summed E-state index contributed by atoms with van der Waals surface area (Å²) in [7, 11) is 0. The number of amides is 2. The SMILES string of the molecule is O=C(Cc1ccccc1)NNC(=O)c1cccnc1. The number of aromatic nitrogens is 1. The number of pyridine rings is 1. The van der Waals surface area contributed by atoms with Crippen LogP contribution >= 0.6 is 0 Å². The van der Waals surface area contributed by atoms with Crippen LogP contribution in [0.5, 0.6) is 0 Å². The minimum Gasteiger partial charge on any atom is -0.273 e. The topological polar surface area (TPSA) is 71.1 Å². The van der Waals surface area contributed by atoms with Crippen LogP contribution in [-0.4, -0.2) is 16.8 Å². The van der Waals surface area contributed by atoms with Crippen molar-refractivity contribution in [2.24, 2.45) is 0 Å². The summed E-state index contributed by atoms with van der Waals surface area (Å²) in [6, 6.07) is 12.6. The number of rotatable bonds is 3. The van der Waals surface area contributed by atoms with E-state index in [9.17, 15) is 9.59 Å². The largest absolute Gasteiger partial charge is 0.273 e. The van der Waals surface area contributed by atoms with E-state index in [0.29, 0.717) is 5.56 Å². The second-order valence-corrected chi connectivity index (χ2v) is 3.91. The van der Waals surface area contributed by atoms with Gasteiger partial charge in [-0.1, -0.05) is 30.3 Å². The molecule has 1 heterocycles. The second-order valence-electron chi connectivity index (χ2n) is 3.91. The van der Waals surface area contributed by atoms with E-state index in [1.54, 1.807) is 18.3 Å². The Bertz CT molecular complexity index is 555. The first-order chi connectivity index (χ1) is 9.25. The maximum atomic E-state index is 11.6. The van der Waals surface area contributed by atoms with Crippen LogP contribution in [-0.2, 0) is 11.2 Å². The molecule has 0 aliphatic heterocycles. The summed E-state index contributed by atoms with van der Waals surface area (Å²) in [5, 5.41) is 0. The average Bonchev–Trinajstić information content (AvgIpc) is 2.47. The maximum absolute atomic E-state index is 11.6. The number of hydrogen-bond donors (Lipinski definition) is 2. The van der Waals surface area contributed by atoms with Crippen LogP contribution in [0.15, 0.2) is 54.9 Å². The zero-order valence-electron chi connectivity index (χ0n) is 10.2. The highest BCUT2D eigenvalue weighted by molar-refractivity contribution is 5.95. The van der Waals surface area contributed by atoms with E-state index in [1.807, 2.05) is 30.3 Å². The molecule has 0 spiro atoms. The van der Waals surface area contributed by atoms with Crippen molar-refractivity contribution in [3.8, 4) is 0 Å². The molecule has 0 saturated carbocycles. The van der Waals surface area contributed by atoms with Gasteiger partial charge in [-0.25, -0.2) is 0 Å². The van der Waals surface area contributed by atoms with Crippen LogP contribution in [0, 0.1) is 0 Å². The monoisotopic (exact) mass is 255 g/mol. The van der Waals surface area contributed by atoms with Crippen LogP contribution in [0.4, 0.5) is 0 Å². The normalized spacial score (nSPS) is 9.68. The van der Waals surface area contributed by atoms with Gasteiger partial charge in [-0.15, -0.1) is 0 Å². The maximum Gasteiger partial charge on any atom is 0.271 e. The lowest BCUT2D eigenvalue weighted by Crippen LogP contribution is -2.42. The molecular weight excluding hydrogens is 242 g/mol. The van der Waals surface area contributed by atoms with Crippen molar-refractivity contribution in [3.05, 3.63) is 66.0 Å². The van der Waals surface area contributed by atoms with Crippen LogP contribution in [0.3, 0.4) is 0 Å². The van der Waals surface area contributed by atoms with Gasteiger partial charge in [-0.2, -0.15) is 0 Å². The molecule has 2 aromatic rings. The van der Waals surface area contributed by atoms with Crippen molar-refractivity contribution in [1.29, 1.82) is 0 Å². The quantitative estimate of drug-likeness (QED) is 0.806. The van der Waals surface area contributed by atoms with E-state index in [-0.39, 0.29) is 12.3 Å². The van der Waals surface area contributed by atoms with Gasteiger partial charge in [0, 0.05) is 12.4 Å². The van der Waals surface area contributed by atoms with Gasteiger partial charge in [0.15, 0.2) is 0 Å². The first kappa shape index (κ1) is 12.8. The Labute approximate surface area is 110 Å². The Morgan fingerprint density at radius 1 is 1.00 bits per heavy atom. The third kappa shape index (κ3) is 3.92. The summed E-state index contributed by atoms with van der Waals surface area (Å²) in [6.07, 6.45) is 3.22. The number of nitrogens with zero attached hydrogens (tertiary/aromatic N) is 1. The molecule has 1 aromatic carbocycles. The fourth-order valence-electron chi connectivity index (χ4n) is 1.52. The standard InChI is InChI=1S/C14H13N3O2/c18-13(9-11-5-2-1-3-6-11)16-17-14(19)12-7-4-8-15-10-12/h1-8,10H,9H2,(H,16,18)(H,17,19). The fraction of sp³-hybridized carbons (Fsp3) is 0.0714. The van der Waals surface area contributed by atoms with Crippen molar-refractivity contribution in [1.82, 2.24) is 15.8 Å². The number of carbonyl (C=O) groups is 2. The Morgan fingerprint density at radius 3 is 2.47 bits per heavy atom. The number of nitrogens with one attached hydrogen (secondary N) is 2. The minimum absolute atomic E-state index is 0.216. The zero-order valence-corrected chi connectivity index (χ0v) is 10.2. The molecule has 0 bridgehead atoms. The van der Waals surface area contributed by atoms with Gasteiger partial charge in [0.25, 0.3) is 5.91 Å². The molecule has 0 aliphatic carbocycles. The first-order valence-electron chi connectivity index (χ1n) is 5.79.